The third-order valence-electron chi connectivity index (χ3n) is 2.91. The van der Waals surface area contributed by atoms with Gasteiger partial charge in [-0.2, -0.15) is 5.26 Å². The molecule has 6 heteroatoms. The molecule has 1 unspecified atom stereocenters. The predicted octanol–water partition coefficient (Wildman–Crippen LogP) is 1.55. The van der Waals surface area contributed by atoms with Gasteiger partial charge in [-0.05, 0) is 25.0 Å². The van der Waals surface area contributed by atoms with Crippen molar-refractivity contribution in [1.82, 2.24) is 5.32 Å². The van der Waals surface area contributed by atoms with Gasteiger partial charge in [0, 0.05) is 0 Å². The monoisotopic (exact) mass is 290 g/mol. The second-order valence-corrected chi connectivity index (χ2v) is 4.94. The molecule has 0 bridgehead atoms. The summed E-state index contributed by atoms with van der Waals surface area (Å²) in [5, 5.41) is 20.4. The van der Waals surface area contributed by atoms with E-state index in [0.29, 0.717) is 11.3 Å². The van der Waals surface area contributed by atoms with Crippen molar-refractivity contribution in [2.24, 2.45) is 5.92 Å². The van der Waals surface area contributed by atoms with Crippen LogP contribution in [0.5, 0.6) is 5.75 Å². The lowest BCUT2D eigenvalue weighted by Crippen LogP contribution is -2.48. The molecule has 2 N–H and O–H groups in total. The fourth-order valence-corrected chi connectivity index (χ4v) is 1.69. The van der Waals surface area contributed by atoms with Crippen molar-refractivity contribution in [3.63, 3.8) is 0 Å². The van der Waals surface area contributed by atoms with Crippen molar-refractivity contribution >= 4 is 11.9 Å². The molecule has 2 atom stereocenters. The quantitative estimate of drug-likeness (QED) is 0.828. The van der Waals surface area contributed by atoms with Crippen LogP contribution in [-0.2, 0) is 9.59 Å². The van der Waals surface area contributed by atoms with E-state index in [1.54, 1.807) is 38.1 Å². The SMILES string of the molecule is CC(Oc1ccccc1C#N)C(=O)N[C@@H](C(=O)O)C(C)C. The molecular weight excluding hydrogens is 272 g/mol. The molecule has 0 aromatic heterocycles. The standard InChI is InChI=1S/C15H18N2O4/c1-9(2)13(15(19)20)17-14(18)10(3)21-12-7-5-4-6-11(12)8-16/h4-7,9-10,13H,1-3H3,(H,17,18)(H,19,20)/t10?,13-/m1/s1. The Morgan fingerprint density at radius 2 is 1.90 bits per heavy atom. The van der Waals surface area contributed by atoms with Gasteiger partial charge >= 0.3 is 5.97 Å². The minimum absolute atomic E-state index is 0.245. The van der Waals surface area contributed by atoms with Crippen molar-refractivity contribution in [1.29, 1.82) is 5.26 Å². The first kappa shape index (κ1) is 16.5. The van der Waals surface area contributed by atoms with Gasteiger partial charge in [-0.1, -0.05) is 26.0 Å². The van der Waals surface area contributed by atoms with E-state index < -0.39 is 24.0 Å². The van der Waals surface area contributed by atoms with E-state index in [1.807, 2.05) is 6.07 Å². The fourth-order valence-electron chi connectivity index (χ4n) is 1.69. The Balaban J connectivity index is 2.75. The Bertz CT molecular complexity index is 563. The number of nitrogens with zero attached hydrogens (tertiary/aromatic N) is 1. The summed E-state index contributed by atoms with van der Waals surface area (Å²) in [6.07, 6.45) is -0.903. The van der Waals surface area contributed by atoms with Crippen molar-refractivity contribution < 1.29 is 19.4 Å². The lowest BCUT2D eigenvalue weighted by atomic mass is 10.0. The van der Waals surface area contributed by atoms with E-state index in [1.165, 1.54) is 6.92 Å². The highest BCUT2D eigenvalue weighted by atomic mass is 16.5. The highest BCUT2D eigenvalue weighted by Gasteiger charge is 2.26. The van der Waals surface area contributed by atoms with Crippen molar-refractivity contribution in [2.75, 3.05) is 0 Å². The molecule has 0 aliphatic rings. The highest BCUT2D eigenvalue weighted by Crippen LogP contribution is 2.18. The smallest absolute Gasteiger partial charge is 0.326 e. The van der Waals surface area contributed by atoms with Crippen LogP contribution in [-0.4, -0.2) is 29.1 Å². The van der Waals surface area contributed by atoms with Crippen LogP contribution in [0.3, 0.4) is 0 Å². The Kier molecular flexibility index (Phi) is 5.73. The second kappa shape index (κ2) is 7.29. The number of carbonyl (C=O) groups excluding carboxylic acids is 1. The summed E-state index contributed by atoms with van der Waals surface area (Å²) in [6, 6.07) is 7.53. The van der Waals surface area contributed by atoms with E-state index >= 15 is 0 Å². The molecule has 1 rings (SSSR count). The van der Waals surface area contributed by atoms with E-state index in [0.717, 1.165) is 0 Å². The Morgan fingerprint density at radius 3 is 2.43 bits per heavy atom. The van der Waals surface area contributed by atoms with Crippen LogP contribution in [0.2, 0.25) is 0 Å². The molecule has 1 amide bonds. The fraction of sp³-hybridized carbons (Fsp3) is 0.400. The van der Waals surface area contributed by atoms with E-state index in [2.05, 4.69) is 5.32 Å². The minimum Gasteiger partial charge on any atom is -0.480 e. The first-order valence-corrected chi connectivity index (χ1v) is 6.55. The Morgan fingerprint density at radius 1 is 1.29 bits per heavy atom. The number of hydrogen-bond donors (Lipinski definition) is 2. The Hall–Kier alpha value is -2.55. The molecule has 0 aliphatic carbocycles. The van der Waals surface area contributed by atoms with Gasteiger partial charge in [0.05, 0.1) is 5.56 Å². The second-order valence-electron chi connectivity index (χ2n) is 4.94. The number of nitrogens with one attached hydrogen (secondary N) is 1. The van der Waals surface area contributed by atoms with Gasteiger partial charge in [-0.3, -0.25) is 4.79 Å². The number of nitriles is 1. The summed E-state index contributed by atoms with van der Waals surface area (Å²) in [5.74, 6) is -1.59. The third kappa shape index (κ3) is 4.49. The summed E-state index contributed by atoms with van der Waals surface area (Å²) >= 11 is 0. The maximum atomic E-state index is 12.0. The van der Waals surface area contributed by atoms with Gasteiger partial charge in [-0.25, -0.2) is 4.79 Å². The molecule has 21 heavy (non-hydrogen) atoms. The number of benzene rings is 1. The van der Waals surface area contributed by atoms with Crippen LogP contribution >= 0.6 is 0 Å². The number of carboxylic acids is 1. The number of carboxylic acid groups (broad SMARTS) is 1. The lowest BCUT2D eigenvalue weighted by molar-refractivity contribution is -0.144. The third-order valence-corrected chi connectivity index (χ3v) is 2.91. The molecule has 6 nitrogen and oxygen atoms in total. The molecule has 0 aliphatic heterocycles. The zero-order valence-corrected chi connectivity index (χ0v) is 12.2. The maximum Gasteiger partial charge on any atom is 0.326 e. The number of aliphatic carboxylic acids is 1. The molecule has 1 aromatic carbocycles. The van der Waals surface area contributed by atoms with Crippen LogP contribution < -0.4 is 10.1 Å². The predicted molar refractivity (Wildman–Crippen MR) is 75.7 cm³/mol. The number of rotatable bonds is 6. The lowest BCUT2D eigenvalue weighted by Gasteiger charge is -2.21. The zero-order chi connectivity index (χ0) is 16.0. The van der Waals surface area contributed by atoms with Gasteiger partial charge in [0.15, 0.2) is 6.10 Å². The summed E-state index contributed by atoms with van der Waals surface area (Å²) in [5.41, 5.74) is 0.316. The molecular formula is C15H18N2O4. The summed E-state index contributed by atoms with van der Waals surface area (Å²) < 4.78 is 5.43. The van der Waals surface area contributed by atoms with Gasteiger partial charge < -0.3 is 15.2 Å². The summed E-state index contributed by atoms with van der Waals surface area (Å²) in [7, 11) is 0. The average molecular weight is 290 g/mol. The molecule has 0 saturated heterocycles. The number of para-hydroxylation sites is 1. The minimum atomic E-state index is -1.09. The largest absolute Gasteiger partial charge is 0.480 e. The molecule has 1 aromatic rings. The van der Waals surface area contributed by atoms with Crippen molar-refractivity contribution in [2.45, 2.75) is 32.9 Å². The van der Waals surface area contributed by atoms with Gasteiger partial charge in [0.1, 0.15) is 17.9 Å². The van der Waals surface area contributed by atoms with Crippen molar-refractivity contribution in [3.8, 4) is 11.8 Å². The van der Waals surface area contributed by atoms with Crippen LogP contribution in [0, 0.1) is 17.2 Å². The molecule has 0 saturated carbocycles. The summed E-state index contributed by atoms with van der Waals surface area (Å²) in [4.78, 5) is 23.0. The number of ether oxygens (including phenoxy) is 1. The number of carbonyl (C=O) groups is 2. The van der Waals surface area contributed by atoms with Gasteiger partial charge in [-0.15, -0.1) is 0 Å². The Labute approximate surface area is 123 Å². The average Bonchev–Trinajstić information content (AvgIpc) is 2.44. The van der Waals surface area contributed by atoms with E-state index in [4.69, 9.17) is 15.1 Å². The van der Waals surface area contributed by atoms with Crippen LogP contribution in [0.4, 0.5) is 0 Å². The molecule has 0 radical (unpaired) electrons. The van der Waals surface area contributed by atoms with Crippen molar-refractivity contribution in [3.05, 3.63) is 29.8 Å². The number of hydrogen-bond acceptors (Lipinski definition) is 4. The molecule has 112 valence electrons. The molecule has 0 fully saturated rings. The van der Waals surface area contributed by atoms with E-state index in [9.17, 15) is 9.59 Å². The van der Waals surface area contributed by atoms with E-state index in [-0.39, 0.29) is 5.92 Å². The van der Waals surface area contributed by atoms with Crippen LogP contribution in [0.15, 0.2) is 24.3 Å². The molecule has 0 spiro atoms. The maximum absolute atomic E-state index is 12.0. The normalized spacial score (nSPS) is 13.1. The zero-order valence-electron chi connectivity index (χ0n) is 12.2. The highest BCUT2D eigenvalue weighted by molar-refractivity contribution is 5.86. The topological polar surface area (TPSA) is 99.4 Å². The molecule has 0 heterocycles. The van der Waals surface area contributed by atoms with Crippen LogP contribution in [0.25, 0.3) is 0 Å². The van der Waals surface area contributed by atoms with Gasteiger partial charge in [0.2, 0.25) is 0 Å². The first-order chi connectivity index (χ1) is 9.86. The summed E-state index contributed by atoms with van der Waals surface area (Å²) in [6.45, 7) is 4.91. The first-order valence-electron chi connectivity index (χ1n) is 6.55. The van der Waals surface area contributed by atoms with Crippen LogP contribution in [0.1, 0.15) is 26.3 Å². The van der Waals surface area contributed by atoms with Gasteiger partial charge in [0.25, 0.3) is 5.91 Å². The number of amides is 1.